The molecule has 6 heteroatoms. The van der Waals surface area contributed by atoms with Crippen molar-refractivity contribution in [1.82, 2.24) is 9.78 Å². The Balaban J connectivity index is 1.54. The van der Waals surface area contributed by atoms with Gasteiger partial charge in [0.25, 0.3) is 0 Å². The minimum absolute atomic E-state index is 0.0238. The zero-order valence-corrected chi connectivity index (χ0v) is 15.1. The quantitative estimate of drug-likeness (QED) is 0.612. The Kier molecular flexibility index (Phi) is 6.14. The van der Waals surface area contributed by atoms with E-state index in [0.29, 0.717) is 23.8 Å². The number of nitrogens with one attached hydrogen (secondary N) is 1. The van der Waals surface area contributed by atoms with Gasteiger partial charge < -0.3 is 5.32 Å². The maximum absolute atomic E-state index is 12.2. The molecule has 4 nitrogen and oxygen atoms in total. The van der Waals surface area contributed by atoms with Gasteiger partial charge in [0, 0.05) is 28.2 Å². The molecule has 0 bridgehead atoms. The van der Waals surface area contributed by atoms with Crippen LogP contribution in [-0.2, 0) is 11.3 Å². The summed E-state index contributed by atoms with van der Waals surface area (Å²) in [5.41, 5.74) is 0.961. The minimum atomic E-state index is -0.0238. The number of halogens is 1. The minimum Gasteiger partial charge on any atom is -0.311 e. The van der Waals surface area contributed by atoms with Crippen LogP contribution in [0.2, 0.25) is 5.02 Å². The standard InChI is InChI=1S/C19H18ClN3OS/c20-17-9-5-4-6-15(17)14-23-18(10-12-21-23)22-19(24)11-13-25-16-7-2-1-3-8-16/h1-10,12H,11,13-14H2,(H,22,24). The van der Waals surface area contributed by atoms with Crippen molar-refractivity contribution >= 4 is 35.1 Å². The van der Waals surface area contributed by atoms with Crippen LogP contribution >= 0.6 is 23.4 Å². The molecule has 0 aliphatic rings. The van der Waals surface area contributed by atoms with E-state index in [0.717, 1.165) is 11.3 Å². The van der Waals surface area contributed by atoms with Gasteiger partial charge in [-0.25, -0.2) is 4.68 Å². The number of hydrogen-bond donors (Lipinski definition) is 1. The van der Waals surface area contributed by atoms with Crippen molar-refractivity contribution in [3.05, 3.63) is 77.4 Å². The highest BCUT2D eigenvalue weighted by Gasteiger charge is 2.09. The zero-order valence-electron chi connectivity index (χ0n) is 13.6. The third kappa shape index (κ3) is 5.11. The Morgan fingerprint density at radius 1 is 1.08 bits per heavy atom. The second-order valence-corrected chi connectivity index (χ2v) is 7.00. The molecular formula is C19H18ClN3OS. The number of aromatic nitrogens is 2. The summed E-state index contributed by atoms with van der Waals surface area (Å²) in [6.45, 7) is 0.515. The number of nitrogens with zero attached hydrogens (tertiary/aromatic N) is 2. The van der Waals surface area contributed by atoms with Crippen molar-refractivity contribution in [1.29, 1.82) is 0 Å². The average molecular weight is 372 g/mol. The number of thioether (sulfide) groups is 1. The van der Waals surface area contributed by atoms with E-state index in [1.165, 1.54) is 4.90 Å². The lowest BCUT2D eigenvalue weighted by Crippen LogP contribution is -2.16. The maximum Gasteiger partial charge on any atom is 0.226 e. The summed E-state index contributed by atoms with van der Waals surface area (Å²) in [6, 6.07) is 19.5. The molecule has 0 aliphatic heterocycles. The predicted molar refractivity (Wildman–Crippen MR) is 103 cm³/mol. The molecular weight excluding hydrogens is 354 g/mol. The first-order chi connectivity index (χ1) is 12.2. The Morgan fingerprint density at radius 3 is 2.64 bits per heavy atom. The lowest BCUT2D eigenvalue weighted by atomic mass is 10.2. The first kappa shape index (κ1) is 17.6. The van der Waals surface area contributed by atoms with Crippen LogP contribution in [0.4, 0.5) is 5.82 Å². The summed E-state index contributed by atoms with van der Waals surface area (Å²) in [5.74, 6) is 1.38. The van der Waals surface area contributed by atoms with Gasteiger partial charge in [0.2, 0.25) is 5.91 Å². The molecule has 3 rings (SSSR count). The highest BCUT2D eigenvalue weighted by molar-refractivity contribution is 7.99. The van der Waals surface area contributed by atoms with Crippen molar-refractivity contribution < 1.29 is 4.79 Å². The van der Waals surface area contributed by atoms with Crippen LogP contribution in [0.3, 0.4) is 0 Å². The van der Waals surface area contributed by atoms with E-state index in [2.05, 4.69) is 10.4 Å². The van der Waals surface area contributed by atoms with Gasteiger partial charge in [-0.3, -0.25) is 4.79 Å². The zero-order chi connectivity index (χ0) is 17.5. The number of carbonyl (C=O) groups excluding carboxylic acids is 1. The molecule has 0 saturated carbocycles. The summed E-state index contributed by atoms with van der Waals surface area (Å²) in [6.07, 6.45) is 2.11. The third-order valence-corrected chi connectivity index (χ3v) is 4.99. The Bertz CT molecular complexity index is 835. The van der Waals surface area contributed by atoms with E-state index in [4.69, 9.17) is 11.6 Å². The highest BCUT2D eigenvalue weighted by atomic mass is 35.5. The molecule has 0 radical (unpaired) electrons. The first-order valence-corrected chi connectivity index (χ1v) is 9.31. The molecule has 2 aromatic carbocycles. The topological polar surface area (TPSA) is 46.9 Å². The number of benzene rings is 2. The van der Waals surface area contributed by atoms with Crippen LogP contribution in [0, 0.1) is 0 Å². The number of rotatable bonds is 7. The maximum atomic E-state index is 12.2. The van der Waals surface area contributed by atoms with Gasteiger partial charge in [-0.2, -0.15) is 5.10 Å². The van der Waals surface area contributed by atoms with Crippen LogP contribution in [0.25, 0.3) is 0 Å². The fourth-order valence-electron chi connectivity index (χ4n) is 2.34. The van der Waals surface area contributed by atoms with Crippen LogP contribution in [0.1, 0.15) is 12.0 Å². The van der Waals surface area contributed by atoms with Crippen molar-refractivity contribution in [3.8, 4) is 0 Å². The van der Waals surface area contributed by atoms with Gasteiger partial charge in [0.1, 0.15) is 5.82 Å². The number of anilines is 1. The molecule has 1 aromatic heterocycles. The molecule has 1 heterocycles. The first-order valence-electron chi connectivity index (χ1n) is 7.95. The highest BCUT2D eigenvalue weighted by Crippen LogP contribution is 2.20. The molecule has 0 unspecified atom stereocenters. The second kappa shape index (κ2) is 8.74. The monoisotopic (exact) mass is 371 g/mol. The molecule has 1 amide bonds. The van der Waals surface area contributed by atoms with Gasteiger partial charge in [-0.1, -0.05) is 48.0 Å². The largest absolute Gasteiger partial charge is 0.311 e. The third-order valence-electron chi connectivity index (χ3n) is 3.60. The van der Waals surface area contributed by atoms with E-state index >= 15 is 0 Å². The summed E-state index contributed by atoms with van der Waals surface area (Å²) in [4.78, 5) is 13.3. The summed E-state index contributed by atoms with van der Waals surface area (Å²) >= 11 is 7.86. The Hall–Kier alpha value is -2.24. The van der Waals surface area contributed by atoms with E-state index < -0.39 is 0 Å². The van der Waals surface area contributed by atoms with Crippen LogP contribution in [0.5, 0.6) is 0 Å². The van der Waals surface area contributed by atoms with Gasteiger partial charge in [-0.05, 0) is 23.8 Å². The molecule has 3 aromatic rings. The van der Waals surface area contributed by atoms with Crippen molar-refractivity contribution in [3.63, 3.8) is 0 Å². The van der Waals surface area contributed by atoms with E-state index in [9.17, 15) is 4.79 Å². The smallest absolute Gasteiger partial charge is 0.226 e. The van der Waals surface area contributed by atoms with Crippen LogP contribution < -0.4 is 5.32 Å². The van der Waals surface area contributed by atoms with Gasteiger partial charge in [0.05, 0.1) is 12.7 Å². The summed E-state index contributed by atoms with van der Waals surface area (Å²) < 4.78 is 1.74. The van der Waals surface area contributed by atoms with Gasteiger partial charge >= 0.3 is 0 Å². The molecule has 0 fully saturated rings. The van der Waals surface area contributed by atoms with E-state index in [1.54, 1.807) is 28.7 Å². The number of carbonyl (C=O) groups is 1. The normalized spacial score (nSPS) is 10.6. The lowest BCUT2D eigenvalue weighted by Gasteiger charge is -2.10. The number of amides is 1. The van der Waals surface area contributed by atoms with E-state index in [1.807, 2.05) is 54.6 Å². The van der Waals surface area contributed by atoms with Crippen LogP contribution in [0.15, 0.2) is 71.8 Å². The van der Waals surface area contributed by atoms with Crippen LogP contribution in [-0.4, -0.2) is 21.4 Å². The lowest BCUT2D eigenvalue weighted by molar-refractivity contribution is -0.115. The van der Waals surface area contributed by atoms with Gasteiger partial charge in [0.15, 0.2) is 0 Å². The van der Waals surface area contributed by atoms with E-state index in [-0.39, 0.29) is 5.91 Å². The SMILES string of the molecule is O=C(CCSc1ccccc1)Nc1ccnn1Cc1ccccc1Cl. The molecule has 25 heavy (non-hydrogen) atoms. The number of hydrogen-bond acceptors (Lipinski definition) is 3. The van der Waals surface area contributed by atoms with Gasteiger partial charge in [-0.15, -0.1) is 11.8 Å². The fraction of sp³-hybridized carbons (Fsp3) is 0.158. The molecule has 0 aliphatic carbocycles. The molecule has 0 saturated heterocycles. The fourth-order valence-corrected chi connectivity index (χ4v) is 3.40. The summed E-state index contributed by atoms with van der Waals surface area (Å²) in [5, 5.41) is 7.88. The average Bonchev–Trinajstić information content (AvgIpc) is 3.04. The summed E-state index contributed by atoms with van der Waals surface area (Å²) in [7, 11) is 0. The van der Waals surface area contributed by atoms with Crippen molar-refractivity contribution in [2.75, 3.05) is 11.1 Å². The molecule has 0 atom stereocenters. The molecule has 128 valence electrons. The molecule has 1 N–H and O–H groups in total. The second-order valence-electron chi connectivity index (χ2n) is 5.43. The van der Waals surface area contributed by atoms with Crippen molar-refractivity contribution in [2.24, 2.45) is 0 Å². The Labute approximate surface area is 156 Å². The molecule has 0 spiro atoms. The van der Waals surface area contributed by atoms with Crippen molar-refractivity contribution in [2.45, 2.75) is 17.9 Å². The Morgan fingerprint density at radius 2 is 1.84 bits per heavy atom. The predicted octanol–water partition coefficient (Wildman–Crippen LogP) is 4.71.